The first-order chi connectivity index (χ1) is 9.13. The lowest BCUT2D eigenvalue weighted by molar-refractivity contribution is 1.08. The van der Waals surface area contributed by atoms with Gasteiger partial charge in [0.25, 0.3) is 0 Å². The molecule has 0 spiro atoms. The molecule has 0 unspecified atom stereocenters. The van der Waals surface area contributed by atoms with Crippen LogP contribution in [0, 0.1) is 0 Å². The van der Waals surface area contributed by atoms with E-state index in [1.54, 1.807) is 12.3 Å². The third kappa shape index (κ3) is 2.08. The molecule has 0 amide bonds. The van der Waals surface area contributed by atoms with Gasteiger partial charge in [-0.3, -0.25) is 4.98 Å². The summed E-state index contributed by atoms with van der Waals surface area (Å²) in [7, 11) is 3.90. The zero-order chi connectivity index (χ0) is 13.4. The van der Waals surface area contributed by atoms with E-state index in [0.717, 1.165) is 17.0 Å². The van der Waals surface area contributed by atoms with Crippen molar-refractivity contribution in [1.82, 2.24) is 19.9 Å². The molecule has 3 N–H and O–H groups in total. The Hall–Kier alpha value is -2.63. The zero-order valence-electron chi connectivity index (χ0n) is 10.8. The van der Waals surface area contributed by atoms with Crippen LogP contribution in [-0.4, -0.2) is 34.0 Å². The van der Waals surface area contributed by atoms with Gasteiger partial charge in [0, 0.05) is 14.1 Å². The van der Waals surface area contributed by atoms with Crippen LogP contribution < -0.4 is 10.6 Å². The van der Waals surface area contributed by atoms with Gasteiger partial charge in [0.15, 0.2) is 11.5 Å². The number of nitrogens with one attached hydrogen (secondary N) is 1. The highest BCUT2D eigenvalue weighted by molar-refractivity contribution is 5.77. The molecule has 3 heterocycles. The minimum atomic E-state index is 0.632. The molecule has 6 nitrogen and oxygen atoms in total. The highest BCUT2D eigenvalue weighted by atomic mass is 15.2. The van der Waals surface area contributed by atoms with Crippen LogP contribution in [0.5, 0.6) is 0 Å². The predicted molar refractivity (Wildman–Crippen MR) is 75.9 cm³/mol. The molecule has 96 valence electrons. The number of pyridine rings is 2. The predicted octanol–water partition coefficient (Wildman–Crippen LogP) is 1.67. The summed E-state index contributed by atoms with van der Waals surface area (Å²) in [4.78, 5) is 18.3. The largest absolute Gasteiger partial charge is 0.397 e. The van der Waals surface area contributed by atoms with Crippen LogP contribution in [0.4, 0.5) is 11.5 Å². The van der Waals surface area contributed by atoms with Crippen molar-refractivity contribution >= 4 is 22.7 Å². The van der Waals surface area contributed by atoms with Crippen LogP contribution in [0.25, 0.3) is 22.7 Å². The van der Waals surface area contributed by atoms with Crippen molar-refractivity contribution in [2.75, 3.05) is 24.7 Å². The van der Waals surface area contributed by atoms with E-state index in [4.69, 9.17) is 5.73 Å². The third-order valence-electron chi connectivity index (χ3n) is 2.82. The topological polar surface area (TPSA) is 83.7 Å². The second-order valence-corrected chi connectivity index (χ2v) is 4.50. The number of H-pyrrole nitrogens is 1. The number of rotatable bonds is 2. The Morgan fingerprint density at radius 2 is 1.95 bits per heavy atom. The third-order valence-corrected chi connectivity index (χ3v) is 2.82. The number of fused-ring (bicyclic) bond motifs is 1. The Balaban J connectivity index is 2.08. The molecule has 0 fully saturated rings. The fraction of sp³-hybridized carbons (Fsp3) is 0.154. The lowest BCUT2D eigenvalue weighted by Crippen LogP contribution is -2.10. The molecule has 3 aromatic rings. The Bertz CT molecular complexity index is 714. The summed E-state index contributed by atoms with van der Waals surface area (Å²) in [5, 5.41) is 0. The normalized spacial score (nSPS) is 10.8. The van der Waals surface area contributed by atoms with Gasteiger partial charge in [-0.1, -0.05) is 0 Å². The summed E-state index contributed by atoms with van der Waals surface area (Å²) in [6.07, 6.45) is 1.61. The number of anilines is 2. The number of nitrogens with two attached hydrogens (primary N) is 1. The van der Waals surface area contributed by atoms with Crippen LogP contribution in [0.2, 0.25) is 0 Å². The Kier molecular flexibility index (Phi) is 2.56. The maximum Gasteiger partial charge on any atom is 0.180 e. The molecule has 0 bridgehead atoms. The molecule has 0 saturated heterocycles. The van der Waals surface area contributed by atoms with Crippen LogP contribution in [0.3, 0.4) is 0 Å². The van der Waals surface area contributed by atoms with Crippen LogP contribution in [0.1, 0.15) is 0 Å². The van der Waals surface area contributed by atoms with E-state index in [2.05, 4.69) is 19.9 Å². The van der Waals surface area contributed by atoms with Gasteiger partial charge in [-0.05, 0) is 24.3 Å². The van der Waals surface area contributed by atoms with Gasteiger partial charge < -0.3 is 15.6 Å². The summed E-state index contributed by atoms with van der Waals surface area (Å²) in [6, 6.07) is 7.54. The first kappa shape index (κ1) is 11.5. The lowest BCUT2D eigenvalue weighted by atomic mass is 10.3. The number of imidazole rings is 1. The second-order valence-electron chi connectivity index (χ2n) is 4.50. The first-order valence-corrected chi connectivity index (χ1v) is 5.89. The lowest BCUT2D eigenvalue weighted by Gasteiger charge is -2.09. The maximum absolute atomic E-state index is 5.62. The Labute approximate surface area is 110 Å². The molecule has 0 aromatic carbocycles. The fourth-order valence-corrected chi connectivity index (χ4v) is 1.80. The van der Waals surface area contributed by atoms with Gasteiger partial charge in [-0.25, -0.2) is 9.97 Å². The average molecular weight is 254 g/mol. The van der Waals surface area contributed by atoms with Crippen molar-refractivity contribution in [3.8, 4) is 11.5 Å². The zero-order valence-corrected chi connectivity index (χ0v) is 10.8. The van der Waals surface area contributed by atoms with E-state index in [-0.39, 0.29) is 0 Å². The van der Waals surface area contributed by atoms with E-state index < -0.39 is 0 Å². The smallest absolute Gasteiger partial charge is 0.180 e. The second kappa shape index (κ2) is 4.24. The number of nitrogen functional groups attached to an aromatic ring is 1. The van der Waals surface area contributed by atoms with Crippen molar-refractivity contribution in [3.05, 3.63) is 30.5 Å². The van der Waals surface area contributed by atoms with E-state index in [0.29, 0.717) is 17.2 Å². The molecule has 0 saturated carbocycles. The molecule has 6 heteroatoms. The molecule has 0 aliphatic heterocycles. The molecule has 3 aromatic heterocycles. The molecular formula is C13H14N6. The molecule has 0 atom stereocenters. The molecule has 19 heavy (non-hydrogen) atoms. The summed E-state index contributed by atoms with van der Waals surface area (Å²) < 4.78 is 0. The Morgan fingerprint density at radius 1 is 1.11 bits per heavy atom. The van der Waals surface area contributed by atoms with Gasteiger partial charge in [-0.15, -0.1) is 0 Å². The van der Waals surface area contributed by atoms with Crippen LogP contribution in [-0.2, 0) is 0 Å². The summed E-state index contributed by atoms with van der Waals surface area (Å²) >= 11 is 0. The fourth-order valence-electron chi connectivity index (χ4n) is 1.80. The average Bonchev–Trinajstić information content (AvgIpc) is 2.82. The number of aromatic nitrogens is 4. The van der Waals surface area contributed by atoms with Crippen LogP contribution >= 0.6 is 0 Å². The number of aromatic amines is 1. The van der Waals surface area contributed by atoms with E-state index in [9.17, 15) is 0 Å². The first-order valence-electron chi connectivity index (χ1n) is 5.89. The highest BCUT2D eigenvalue weighted by Crippen LogP contribution is 2.20. The number of nitrogens with zero attached hydrogens (tertiary/aromatic N) is 4. The van der Waals surface area contributed by atoms with Gasteiger partial charge in [0.2, 0.25) is 0 Å². The standard InChI is InChI=1S/C13H14N6/c1-19(2)11-6-5-10-13(17-11)18-12(16-10)9-4-3-8(14)7-15-9/h3-7H,14H2,1-2H3,(H,16,17,18). The van der Waals surface area contributed by atoms with Crippen LogP contribution in [0.15, 0.2) is 30.5 Å². The Morgan fingerprint density at radius 3 is 2.63 bits per heavy atom. The van der Waals surface area contributed by atoms with E-state index in [1.165, 1.54) is 0 Å². The number of hydrogen-bond acceptors (Lipinski definition) is 5. The SMILES string of the molecule is CN(C)c1ccc2[nH]c(-c3ccc(N)cn3)nc2n1. The summed E-state index contributed by atoms with van der Waals surface area (Å²) in [5.41, 5.74) is 8.57. The monoisotopic (exact) mass is 254 g/mol. The van der Waals surface area contributed by atoms with Gasteiger partial charge in [-0.2, -0.15) is 0 Å². The van der Waals surface area contributed by atoms with Gasteiger partial charge in [0.1, 0.15) is 11.5 Å². The molecule has 0 radical (unpaired) electrons. The number of hydrogen-bond donors (Lipinski definition) is 2. The van der Waals surface area contributed by atoms with Gasteiger partial charge in [0.05, 0.1) is 17.4 Å². The quantitative estimate of drug-likeness (QED) is 0.726. The van der Waals surface area contributed by atoms with Crippen molar-refractivity contribution in [2.24, 2.45) is 0 Å². The van der Waals surface area contributed by atoms with Crippen molar-refractivity contribution in [2.45, 2.75) is 0 Å². The maximum atomic E-state index is 5.62. The van der Waals surface area contributed by atoms with Crippen molar-refractivity contribution < 1.29 is 0 Å². The minimum Gasteiger partial charge on any atom is -0.397 e. The van der Waals surface area contributed by atoms with Crippen molar-refractivity contribution in [1.29, 1.82) is 0 Å². The molecular weight excluding hydrogens is 240 g/mol. The molecule has 3 rings (SSSR count). The molecule has 0 aliphatic rings. The summed E-state index contributed by atoms with van der Waals surface area (Å²) in [5.74, 6) is 1.56. The summed E-state index contributed by atoms with van der Waals surface area (Å²) in [6.45, 7) is 0. The van der Waals surface area contributed by atoms with Gasteiger partial charge >= 0.3 is 0 Å². The van der Waals surface area contributed by atoms with Crippen molar-refractivity contribution in [3.63, 3.8) is 0 Å². The van der Waals surface area contributed by atoms with E-state index in [1.807, 2.05) is 37.2 Å². The minimum absolute atomic E-state index is 0.632. The highest BCUT2D eigenvalue weighted by Gasteiger charge is 2.08. The molecule has 0 aliphatic carbocycles. The van der Waals surface area contributed by atoms with E-state index >= 15 is 0 Å².